The summed E-state index contributed by atoms with van der Waals surface area (Å²) in [5, 5.41) is 0. The van der Waals surface area contributed by atoms with E-state index in [4.69, 9.17) is 11.6 Å². The minimum atomic E-state index is 0.0423. The van der Waals surface area contributed by atoms with Gasteiger partial charge in [0.15, 0.2) is 0 Å². The zero-order valence-corrected chi connectivity index (χ0v) is 12.9. The van der Waals surface area contributed by atoms with Crippen LogP contribution in [0.2, 0.25) is 0 Å². The number of rotatable bonds is 6. The molecule has 1 amide bonds. The van der Waals surface area contributed by atoms with Crippen LogP contribution in [0.4, 0.5) is 0 Å². The van der Waals surface area contributed by atoms with E-state index in [1.54, 1.807) is 0 Å². The van der Waals surface area contributed by atoms with Gasteiger partial charge >= 0.3 is 0 Å². The van der Waals surface area contributed by atoms with Crippen molar-refractivity contribution in [3.63, 3.8) is 0 Å². The van der Waals surface area contributed by atoms with Crippen LogP contribution in [0.25, 0.3) is 0 Å². The van der Waals surface area contributed by atoms with Crippen LogP contribution in [0.5, 0.6) is 0 Å². The predicted molar refractivity (Wildman–Crippen MR) is 82.8 cm³/mol. The zero-order valence-electron chi connectivity index (χ0n) is 12.1. The molecule has 1 fully saturated rings. The van der Waals surface area contributed by atoms with Gasteiger partial charge in [0.2, 0.25) is 5.91 Å². The molecule has 1 aromatic rings. The number of likely N-dealkylation sites (N-methyl/N-ethyl adjacent to an activating group) is 1. The molecule has 0 radical (unpaired) electrons. The Morgan fingerprint density at radius 2 is 2.15 bits per heavy atom. The van der Waals surface area contributed by atoms with E-state index < -0.39 is 0 Å². The average molecular weight is 295 g/mol. The van der Waals surface area contributed by atoms with Crippen molar-refractivity contribution in [2.24, 2.45) is 0 Å². The van der Waals surface area contributed by atoms with Crippen LogP contribution in [0, 0.1) is 0 Å². The van der Waals surface area contributed by atoms with E-state index in [9.17, 15) is 4.79 Å². The third-order valence-electron chi connectivity index (χ3n) is 4.01. The topological polar surface area (TPSA) is 23.6 Å². The largest absolute Gasteiger partial charge is 0.340 e. The van der Waals surface area contributed by atoms with Crippen LogP contribution in [0.15, 0.2) is 30.3 Å². The second-order valence-corrected chi connectivity index (χ2v) is 5.59. The number of halogens is 1. The third-order valence-corrected chi connectivity index (χ3v) is 4.24. The lowest BCUT2D eigenvalue weighted by molar-refractivity contribution is -0.129. The molecule has 1 heterocycles. The summed E-state index contributed by atoms with van der Waals surface area (Å²) in [5.41, 5.74) is 1.34. The predicted octanol–water partition coefficient (Wildman–Crippen LogP) is 2.74. The molecule has 0 bridgehead atoms. The number of carbonyl (C=O) groups is 1. The van der Waals surface area contributed by atoms with Gasteiger partial charge in [0.1, 0.15) is 5.88 Å². The Labute approximate surface area is 126 Å². The molecule has 1 aliphatic heterocycles. The van der Waals surface area contributed by atoms with Crippen molar-refractivity contribution in [1.29, 1.82) is 0 Å². The van der Waals surface area contributed by atoms with Crippen LogP contribution in [0.1, 0.15) is 25.3 Å². The second-order valence-electron chi connectivity index (χ2n) is 5.32. The normalized spacial score (nSPS) is 19.2. The van der Waals surface area contributed by atoms with E-state index in [0.717, 1.165) is 26.2 Å². The lowest BCUT2D eigenvalue weighted by Crippen LogP contribution is -2.43. The Morgan fingerprint density at radius 1 is 1.40 bits per heavy atom. The van der Waals surface area contributed by atoms with Crippen molar-refractivity contribution in [3.8, 4) is 0 Å². The maximum Gasteiger partial charge on any atom is 0.237 e. The molecule has 20 heavy (non-hydrogen) atoms. The van der Waals surface area contributed by atoms with E-state index in [-0.39, 0.29) is 11.8 Å². The zero-order chi connectivity index (χ0) is 14.4. The summed E-state index contributed by atoms with van der Waals surface area (Å²) < 4.78 is 0. The van der Waals surface area contributed by atoms with Crippen LogP contribution >= 0.6 is 11.6 Å². The van der Waals surface area contributed by atoms with Gasteiger partial charge in [0.25, 0.3) is 0 Å². The minimum absolute atomic E-state index is 0.0423. The number of nitrogens with zero attached hydrogens (tertiary/aromatic N) is 2. The lowest BCUT2D eigenvalue weighted by Gasteiger charge is -2.30. The molecular formula is C16H23ClN2O. The van der Waals surface area contributed by atoms with Gasteiger partial charge in [-0.25, -0.2) is 0 Å². The molecule has 110 valence electrons. The summed E-state index contributed by atoms with van der Waals surface area (Å²) >= 11 is 5.67. The molecule has 0 aliphatic carbocycles. The number of hydrogen-bond acceptors (Lipinski definition) is 2. The molecular weight excluding hydrogens is 272 g/mol. The van der Waals surface area contributed by atoms with E-state index in [0.29, 0.717) is 6.04 Å². The molecule has 0 spiro atoms. The lowest BCUT2D eigenvalue weighted by atomic mass is 10.1. The number of carbonyl (C=O) groups excluding carboxylic acids is 1. The first kappa shape index (κ1) is 15.3. The number of benzene rings is 1. The molecule has 2 rings (SSSR count). The van der Waals surface area contributed by atoms with Crippen molar-refractivity contribution >= 4 is 17.5 Å². The van der Waals surface area contributed by atoms with Crippen molar-refractivity contribution in [1.82, 2.24) is 9.80 Å². The summed E-state index contributed by atoms with van der Waals surface area (Å²) in [6, 6.07) is 11.0. The van der Waals surface area contributed by atoms with Gasteiger partial charge in [0, 0.05) is 25.7 Å². The molecule has 0 N–H and O–H groups in total. The van der Waals surface area contributed by atoms with Gasteiger partial charge in [-0.2, -0.15) is 0 Å². The molecule has 0 saturated carbocycles. The van der Waals surface area contributed by atoms with Gasteiger partial charge in [-0.15, -0.1) is 11.6 Å². The Bertz CT molecular complexity index is 424. The van der Waals surface area contributed by atoms with E-state index in [2.05, 4.69) is 29.2 Å². The van der Waals surface area contributed by atoms with Crippen molar-refractivity contribution in [3.05, 3.63) is 35.9 Å². The Morgan fingerprint density at radius 3 is 2.80 bits per heavy atom. The first-order valence-electron chi connectivity index (χ1n) is 7.36. The van der Waals surface area contributed by atoms with Gasteiger partial charge in [-0.05, 0) is 31.9 Å². The fourth-order valence-electron chi connectivity index (χ4n) is 2.87. The Hall–Kier alpha value is -1.06. The van der Waals surface area contributed by atoms with Crippen LogP contribution in [-0.2, 0) is 11.3 Å². The Balaban J connectivity index is 1.95. The molecule has 0 unspecified atom stereocenters. The molecule has 1 atom stereocenters. The monoisotopic (exact) mass is 294 g/mol. The minimum Gasteiger partial charge on any atom is -0.340 e. The average Bonchev–Trinajstić information content (AvgIpc) is 2.92. The highest BCUT2D eigenvalue weighted by molar-refractivity contribution is 6.27. The summed E-state index contributed by atoms with van der Waals surface area (Å²) in [6.45, 7) is 5.64. The molecule has 1 saturated heterocycles. The molecule has 0 aromatic heterocycles. The molecule has 1 aliphatic rings. The molecule has 4 heteroatoms. The van der Waals surface area contributed by atoms with Gasteiger partial charge < -0.3 is 4.90 Å². The first-order chi connectivity index (χ1) is 9.74. The maximum atomic E-state index is 11.8. The molecule has 3 nitrogen and oxygen atoms in total. The first-order valence-corrected chi connectivity index (χ1v) is 7.89. The standard InChI is InChI=1S/C16H23ClN2O/c1-2-18(16(20)11-17)13-15-9-6-10-19(15)12-14-7-4-3-5-8-14/h3-5,7-8,15H,2,6,9-13H2,1H3/t15-/m1/s1. The summed E-state index contributed by atoms with van der Waals surface area (Å²) in [7, 11) is 0. The highest BCUT2D eigenvalue weighted by Crippen LogP contribution is 2.21. The number of amides is 1. The highest BCUT2D eigenvalue weighted by atomic mass is 35.5. The molecule has 1 aromatic carbocycles. The Kier molecular flexibility index (Phi) is 5.86. The SMILES string of the molecule is CCN(C[C@H]1CCCN1Cc1ccccc1)C(=O)CCl. The number of hydrogen-bond donors (Lipinski definition) is 0. The fourth-order valence-corrected chi connectivity index (χ4v) is 3.04. The quantitative estimate of drug-likeness (QED) is 0.753. The van der Waals surface area contributed by atoms with Crippen molar-refractivity contribution in [2.45, 2.75) is 32.4 Å². The number of likely N-dealkylation sites (tertiary alicyclic amines) is 1. The van der Waals surface area contributed by atoms with Gasteiger partial charge in [-0.3, -0.25) is 9.69 Å². The van der Waals surface area contributed by atoms with Crippen LogP contribution in [-0.4, -0.2) is 47.3 Å². The van der Waals surface area contributed by atoms with E-state index in [1.807, 2.05) is 17.9 Å². The van der Waals surface area contributed by atoms with Gasteiger partial charge in [-0.1, -0.05) is 30.3 Å². The smallest absolute Gasteiger partial charge is 0.237 e. The third kappa shape index (κ3) is 3.97. The van der Waals surface area contributed by atoms with Crippen molar-refractivity contribution < 1.29 is 4.79 Å². The van der Waals surface area contributed by atoms with E-state index >= 15 is 0 Å². The van der Waals surface area contributed by atoms with Crippen LogP contribution < -0.4 is 0 Å². The number of alkyl halides is 1. The summed E-state index contributed by atoms with van der Waals surface area (Å²) in [6.07, 6.45) is 2.38. The van der Waals surface area contributed by atoms with Crippen LogP contribution in [0.3, 0.4) is 0 Å². The second kappa shape index (κ2) is 7.65. The fraction of sp³-hybridized carbons (Fsp3) is 0.562. The maximum absolute atomic E-state index is 11.8. The van der Waals surface area contributed by atoms with Crippen molar-refractivity contribution in [2.75, 3.05) is 25.5 Å². The summed E-state index contributed by atoms with van der Waals surface area (Å²) in [5.74, 6) is 0.125. The van der Waals surface area contributed by atoms with Gasteiger partial charge in [0.05, 0.1) is 0 Å². The summed E-state index contributed by atoms with van der Waals surface area (Å²) in [4.78, 5) is 16.1. The highest BCUT2D eigenvalue weighted by Gasteiger charge is 2.27. The van der Waals surface area contributed by atoms with E-state index in [1.165, 1.54) is 18.4 Å².